The predicted molar refractivity (Wildman–Crippen MR) is 74.5 cm³/mol. The smallest absolute Gasteiger partial charge is 0.0807 e. The van der Waals surface area contributed by atoms with E-state index in [4.69, 9.17) is 0 Å². The molecule has 0 unspecified atom stereocenters. The first-order chi connectivity index (χ1) is 8.43. The second-order valence-electron chi connectivity index (χ2n) is 3.74. The van der Waals surface area contributed by atoms with Crippen LogP contribution < -0.4 is 12.4 Å². The van der Waals surface area contributed by atoms with Crippen molar-refractivity contribution in [3.63, 3.8) is 0 Å². The molecule has 4 heteroatoms. The second kappa shape index (κ2) is 15.3. The van der Waals surface area contributed by atoms with Crippen molar-refractivity contribution in [1.29, 1.82) is 0 Å². The van der Waals surface area contributed by atoms with E-state index in [-0.39, 0.29) is 31.9 Å². The third-order valence-electron chi connectivity index (χ3n) is 2.28. The van der Waals surface area contributed by atoms with E-state index in [1.807, 2.05) is 18.2 Å². The van der Waals surface area contributed by atoms with Gasteiger partial charge in [-0.25, -0.2) is 0 Å². The number of rotatable bonds is 1. The molecule has 107 valence electrons. The monoisotopic (exact) mass is 366 g/mol. The molecular weight excluding hydrogens is 347 g/mol. The molecule has 2 nitrogen and oxygen atoms in total. The van der Waals surface area contributed by atoms with Crippen molar-refractivity contribution in [2.45, 2.75) is 25.7 Å². The SMILES string of the molecule is C1=C\CC/C=C\CC/1.CN=Cc1ccccn1.[Cl-].[Rh]. The number of allylic oxidation sites excluding steroid dienone is 4. The fourth-order valence-corrected chi connectivity index (χ4v) is 1.44. The van der Waals surface area contributed by atoms with Gasteiger partial charge in [0, 0.05) is 38.9 Å². The summed E-state index contributed by atoms with van der Waals surface area (Å²) in [6.45, 7) is 0. The third-order valence-corrected chi connectivity index (χ3v) is 2.28. The Morgan fingerprint density at radius 3 is 1.89 bits per heavy atom. The summed E-state index contributed by atoms with van der Waals surface area (Å²) in [5.41, 5.74) is 0.903. The molecule has 0 aromatic carbocycles. The van der Waals surface area contributed by atoms with E-state index >= 15 is 0 Å². The van der Waals surface area contributed by atoms with Crippen molar-refractivity contribution in [1.82, 2.24) is 4.98 Å². The van der Waals surface area contributed by atoms with E-state index in [2.05, 4.69) is 34.3 Å². The maximum atomic E-state index is 4.02. The molecule has 0 N–H and O–H groups in total. The van der Waals surface area contributed by atoms with E-state index in [0.717, 1.165) is 5.69 Å². The molecule has 0 amide bonds. The Morgan fingerprint density at radius 1 is 1.00 bits per heavy atom. The third kappa shape index (κ3) is 12.0. The van der Waals surface area contributed by atoms with E-state index in [1.165, 1.54) is 25.7 Å². The van der Waals surface area contributed by atoms with Gasteiger partial charge in [-0.3, -0.25) is 9.98 Å². The summed E-state index contributed by atoms with van der Waals surface area (Å²) in [5.74, 6) is 0. The van der Waals surface area contributed by atoms with Gasteiger partial charge in [0.1, 0.15) is 0 Å². The fraction of sp³-hybridized carbons (Fsp3) is 0.333. The van der Waals surface area contributed by atoms with Crippen LogP contribution in [0.5, 0.6) is 0 Å². The molecule has 0 atom stereocenters. The Hall–Kier alpha value is -0.787. The molecule has 0 fully saturated rings. The second-order valence-corrected chi connectivity index (χ2v) is 3.74. The predicted octanol–water partition coefficient (Wildman–Crippen LogP) is 0.805. The quantitative estimate of drug-likeness (QED) is 0.410. The first-order valence-electron chi connectivity index (χ1n) is 6.06. The summed E-state index contributed by atoms with van der Waals surface area (Å²) in [7, 11) is 1.73. The standard InChI is InChI=1S/C8H12.C7H8N2.ClH.Rh/c1-2-4-6-8-7-5-3-1;1-8-6-7-4-2-3-5-9-7;;/h1-2,7-8H,3-6H2;2-6H,1H3;1H;/p-1/b2-1-,8-7-;;;. The minimum atomic E-state index is 0. The van der Waals surface area contributed by atoms with Crippen molar-refractivity contribution in [2.75, 3.05) is 7.05 Å². The molecule has 1 aliphatic rings. The van der Waals surface area contributed by atoms with E-state index in [1.54, 1.807) is 19.5 Å². The van der Waals surface area contributed by atoms with Gasteiger partial charge in [-0.2, -0.15) is 0 Å². The zero-order valence-electron chi connectivity index (χ0n) is 11.1. The summed E-state index contributed by atoms with van der Waals surface area (Å²) in [5, 5.41) is 0. The summed E-state index contributed by atoms with van der Waals surface area (Å²) in [6.07, 6.45) is 17.5. The minimum Gasteiger partial charge on any atom is -1.00 e. The summed E-state index contributed by atoms with van der Waals surface area (Å²) >= 11 is 0. The van der Waals surface area contributed by atoms with Crippen molar-refractivity contribution in [2.24, 2.45) is 4.99 Å². The Balaban J connectivity index is 0. The zero-order chi connectivity index (χ0) is 12.2. The molecule has 1 radical (unpaired) electrons. The molecule has 0 saturated carbocycles. The van der Waals surface area contributed by atoms with E-state index in [0.29, 0.717) is 0 Å². The first kappa shape index (κ1) is 20.5. The maximum Gasteiger partial charge on any atom is 0.0807 e. The zero-order valence-corrected chi connectivity index (χ0v) is 13.5. The summed E-state index contributed by atoms with van der Waals surface area (Å²) in [4.78, 5) is 7.84. The maximum absolute atomic E-state index is 4.02. The van der Waals surface area contributed by atoms with Gasteiger partial charge in [0.2, 0.25) is 0 Å². The van der Waals surface area contributed by atoms with Crippen LogP contribution in [0.2, 0.25) is 0 Å². The molecule has 0 bridgehead atoms. The molecule has 1 aromatic heterocycles. The van der Waals surface area contributed by atoms with Gasteiger partial charge in [0.05, 0.1) is 5.69 Å². The van der Waals surface area contributed by atoms with Crippen LogP contribution in [-0.4, -0.2) is 18.2 Å². The molecule has 0 spiro atoms. The number of nitrogens with zero attached hydrogens (tertiary/aromatic N) is 2. The van der Waals surface area contributed by atoms with Crippen molar-refractivity contribution in [3.8, 4) is 0 Å². The van der Waals surface area contributed by atoms with Gasteiger partial charge in [-0.15, -0.1) is 0 Å². The number of halogens is 1. The normalized spacial score (nSPS) is 16.7. The van der Waals surface area contributed by atoms with Crippen LogP contribution in [0.1, 0.15) is 31.4 Å². The van der Waals surface area contributed by atoms with Crippen LogP contribution in [0.4, 0.5) is 0 Å². The molecule has 0 saturated heterocycles. The average molecular weight is 367 g/mol. The Labute approximate surface area is 135 Å². The topological polar surface area (TPSA) is 25.2 Å². The fourth-order valence-electron chi connectivity index (χ4n) is 1.44. The Morgan fingerprint density at radius 2 is 1.53 bits per heavy atom. The number of aliphatic imine (C=N–C) groups is 1. The summed E-state index contributed by atoms with van der Waals surface area (Å²) in [6, 6.07) is 5.73. The average Bonchev–Trinajstić information content (AvgIpc) is 2.30. The molecule has 2 rings (SSSR count). The molecule has 19 heavy (non-hydrogen) atoms. The van der Waals surface area contributed by atoms with Gasteiger partial charge in [-0.05, 0) is 37.8 Å². The van der Waals surface area contributed by atoms with Crippen LogP contribution >= 0.6 is 0 Å². The number of hydrogen-bond acceptors (Lipinski definition) is 2. The number of pyridine rings is 1. The van der Waals surface area contributed by atoms with Crippen LogP contribution in [-0.2, 0) is 19.5 Å². The van der Waals surface area contributed by atoms with E-state index < -0.39 is 0 Å². The van der Waals surface area contributed by atoms with E-state index in [9.17, 15) is 0 Å². The van der Waals surface area contributed by atoms with Crippen molar-refractivity contribution >= 4 is 6.21 Å². The van der Waals surface area contributed by atoms with Crippen LogP contribution in [0, 0.1) is 0 Å². The van der Waals surface area contributed by atoms with Gasteiger partial charge in [-0.1, -0.05) is 30.4 Å². The Kier molecular flexibility index (Phi) is 16.5. The molecular formula is C15H20ClN2Rh-. The van der Waals surface area contributed by atoms with Crippen LogP contribution in [0.25, 0.3) is 0 Å². The number of hydrogen-bond donors (Lipinski definition) is 0. The molecule has 1 heterocycles. The van der Waals surface area contributed by atoms with Crippen molar-refractivity contribution in [3.05, 3.63) is 54.4 Å². The van der Waals surface area contributed by atoms with Gasteiger partial charge >= 0.3 is 0 Å². The van der Waals surface area contributed by atoms with Gasteiger partial charge < -0.3 is 12.4 Å². The van der Waals surface area contributed by atoms with Crippen LogP contribution in [0.15, 0.2) is 53.7 Å². The summed E-state index contributed by atoms with van der Waals surface area (Å²) < 4.78 is 0. The van der Waals surface area contributed by atoms with Gasteiger partial charge in [0.25, 0.3) is 0 Å². The first-order valence-corrected chi connectivity index (χ1v) is 6.06. The molecule has 1 aliphatic carbocycles. The van der Waals surface area contributed by atoms with Crippen LogP contribution in [0.3, 0.4) is 0 Å². The largest absolute Gasteiger partial charge is 1.00 e. The van der Waals surface area contributed by atoms with Gasteiger partial charge in [0.15, 0.2) is 0 Å². The number of aromatic nitrogens is 1. The van der Waals surface area contributed by atoms with Crippen molar-refractivity contribution < 1.29 is 31.9 Å². The Bertz CT molecular complexity index is 349. The molecule has 1 aromatic rings. The molecule has 0 aliphatic heterocycles. The minimum absolute atomic E-state index is 0.